The molecule has 8 nitrogen and oxygen atoms in total. The molecule has 0 aromatic heterocycles. The van der Waals surface area contributed by atoms with Crippen LogP contribution in [0.25, 0.3) is 0 Å². The minimum Gasteiger partial charge on any atom is -0.489 e. The lowest BCUT2D eigenvalue weighted by molar-refractivity contribution is -0.422. The average Bonchev–Trinajstić information content (AvgIpc) is 2.97. The van der Waals surface area contributed by atoms with Crippen molar-refractivity contribution in [2.24, 2.45) is 0 Å². The molecule has 1 rings (SSSR count). The van der Waals surface area contributed by atoms with Gasteiger partial charge in [0, 0.05) is 0 Å². The molecule has 0 heterocycles. The Hall–Kier alpha value is -2.38. The van der Waals surface area contributed by atoms with Crippen LogP contribution >= 0.6 is 0 Å². The van der Waals surface area contributed by atoms with Gasteiger partial charge >= 0.3 is 11.4 Å². The molecule has 0 N–H and O–H groups in total. The third-order valence-electron chi connectivity index (χ3n) is 7.95. The first-order chi connectivity index (χ1) is 20.5. The molecule has 42 heavy (non-hydrogen) atoms. The van der Waals surface area contributed by atoms with Gasteiger partial charge in [0.1, 0.15) is 0 Å². The molecule has 0 aliphatic heterocycles. The van der Waals surface area contributed by atoms with E-state index in [1.165, 1.54) is 116 Å². The molecule has 242 valence electrons. The summed E-state index contributed by atoms with van der Waals surface area (Å²) in [6, 6.07) is 2.30. The Bertz CT molecular complexity index is 765. The van der Waals surface area contributed by atoms with Crippen LogP contribution in [-0.4, -0.2) is 23.1 Å². The van der Waals surface area contributed by atoms with Crippen molar-refractivity contribution in [3.8, 4) is 11.5 Å². The van der Waals surface area contributed by atoms with Crippen molar-refractivity contribution in [2.75, 3.05) is 13.2 Å². The number of ether oxygens (including phenoxy) is 2. The highest BCUT2D eigenvalue weighted by Crippen LogP contribution is 2.39. The summed E-state index contributed by atoms with van der Waals surface area (Å²) in [7, 11) is 0. The van der Waals surface area contributed by atoms with Gasteiger partial charge in [0.2, 0.25) is 0 Å². The first-order valence-corrected chi connectivity index (χ1v) is 17.2. The highest BCUT2D eigenvalue weighted by atomic mass is 16.6. The molecule has 1 aromatic rings. The summed E-state index contributed by atoms with van der Waals surface area (Å²) in [6.07, 6.45) is 29.6. The quantitative estimate of drug-likeness (QED) is 0.0500. The van der Waals surface area contributed by atoms with Crippen molar-refractivity contribution in [2.45, 2.75) is 168 Å². The summed E-state index contributed by atoms with van der Waals surface area (Å²) in [5.41, 5.74) is -1.13. The van der Waals surface area contributed by atoms with E-state index in [0.29, 0.717) is 13.2 Å². The fourth-order valence-electron chi connectivity index (χ4n) is 5.31. The number of nitro groups is 2. The molecular weight excluding hydrogens is 532 g/mol. The predicted octanol–water partition coefficient (Wildman–Crippen LogP) is 11.7. The summed E-state index contributed by atoms with van der Waals surface area (Å²) >= 11 is 0. The molecule has 0 atom stereocenters. The van der Waals surface area contributed by atoms with Crippen molar-refractivity contribution in [3.05, 3.63) is 32.4 Å². The summed E-state index contributed by atoms with van der Waals surface area (Å²) in [5.74, 6) is 0.434. The zero-order valence-electron chi connectivity index (χ0n) is 26.9. The number of hydrogen-bond acceptors (Lipinski definition) is 6. The third-order valence-corrected chi connectivity index (χ3v) is 7.95. The predicted molar refractivity (Wildman–Crippen MR) is 173 cm³/mol. The van der Waals surface area contributed by atoms with Crippen LogP contribution in [0.4, 0.5) is 11.4 Å². The van der Waals surface area contributed by atoms with Gasteiger partial charge in [0.05, 0.1) is 35.2 Å². The maximum atomic E-state index is 11.5. The Kier molecular flexibility index (Phi) is 23.5. The molecular formula is C34H60N2O6. The van der Waals surface area contributed by atoms with Crippen LogP contribution < -0.4 is 9.47 Å². The molecule has 0 saturated carbocycles. The SMILES string of the molecule is CCCCCCCCCCCCCCOc1cc([N+](=O)[O-])c([N+](=O)[O-])cc1OCCCCCCCCCCCCCC. The Morgan fingerprint density at radius 1 is 0.452 bits per heavy atom. The van der Waals surface area contributed by atoms with Crippen LogP contribution in [-0.2, 0) is 0 Å². The average molecular weight is 593 g/mol. The van der Waals surface area contributed by atoms with Gasteiger partial charge in [0.15, 0.2) is 11.5 Å². The lowest BCUT2D eigenvalue weighted by Crippen LogP contribution is -2.05. The number of nitro benzene ring substituents is 2. The Balaban J connectivity index is 2.36. The second kappa shape index (κ2) is 26.3. The largest absolute Gasteiger partial charge is 0.489 e. The first-order valence-electron chi connectivity index (χ1n) is 17.2. The van der Waals surface area contributed by atoms with E-state index in [9.17, 15) is 20.2 Å². The van der Waals surface area contributed by atoms with Gasteiger partial charge in [-0.2, -0.15) is 0 Å². The van der Waals surface area contributed by atoms with Crippen molar-refractivity contribution in [1.29, 1.82) is 0 Å². The molecule has 0 aliphatic carbocycles. The molecule has 0 saturated heterocycles. The van der Waals surface area contributed by atoms with E-state index in [2.05, 4.69) is 13.8 Å². The summed E-state index contributed by atoms with van der Waals surface area (Å²) < 4.78 is 11.7. The van der Waals surface area contributed by atoms with Gasteiger partial charge in [-0.05, 0) is 12.8 Å². The smallest absolute Gasteiger partial charge is 0.350 e. The molecule has 0 fully saturated rings. The second-order valence-electron chi connectivity index (χ2n) is 11.8. The topological polar surface area (TPSA) is 105 Å². The maximum Gasteiger partial charge on any atom is 0.350 e. The Morgan fingerprint density at radius 2 is 0.690 bits per heavy atom. The summed E-state index contributed by atoms with van der Waals surface area (Å²) in [5, 5.41) is 22.9. The van der Waals surface area contributed by atoms with Crippen molar-refractivity contribution in [3.63, 3.8) is 0 Å². The normalized spacial score (nSPS) is 11.1. The van der Waals surface area contributed by atoms with E-state index < -0.39 is 21.2 Å². The molecule has 0 amide bonds. The van der Waals surface area contributed by atoms with Gasteiger partial charge < -0.3 is 9.47 Å². The van der Waals surface area contributed by atoms with E-state index in [4.69, 9.17) is 9.47 Å². The van der Waals surface area contributed by atoms with Crippen LogP contribution in [0.1, 0.15) is 168 Å². The Morgan fingerprint density at radius 3 is 0.929 bits per heavy atom. The molecule has 0 radical (unpaired) electrons. The highest BCUT2D eigenvalue weighted by molar-refractivity contribution is 5.62. The van der Waals surface area contributed by atoms with Crippen molar-refractivity contribution < 1.29 is 19.3 Å². The number of benzene rings is 1. The standard InChI is InChI=1S/C34H60N2O6/c1-3-5-7-9-11-13-15-17-19-21-23-25-27-41-33-29-31(35(37)38)32(36(39)40)30-34(33)42-28-26-24-22-20-18-16-14-12-10-8-6-4-2/h29-30H,3-28H2,1-2H3. The van der Waals surface area contributed by atoms with Crippen LogP contribution in [0.3, 0.4) is 0 Å². The molecule has 0 bridgehead atoms. The van der Waals surface area contributed by atoms with E-state index in [-0.39, 0.29) is 11.5 Å². The van der Waals surface area contributed by atoms with Crippen molar-refractivity contribution in [1.82, 2.24) is 0 Å². The van der Waals surface area contributed by atoms with Gasteiger partial charge in [-0.1, -0.05) is 155 Å². The van der Waals surface area contributed by atoms with E-state index in [0.717, 1.165) is 50.7 Å². The zero-order chi connectivity index (χ0) is 30.7. The Labute approximate surface area is 255 Å². The molecule has 1 aromatic carbocycles. The van der Waals surface area contributed by atoms with E-state index in [1.807, 2.05) is 0 Å². The van der Waals surface area contributed by atoms with Crippen LogP contribution in [0.5, 0.6) is 11.5 Å². The van der Waals surface area contributed by atoms with Gasteiger partial charge in [-0.25, -0.2) is 0 Å². The number of rotatable bonds is 30. The zero-order valence-corrected chi connectivity index (χ0v) is 26.9. The first kappa shape index (κ1) is 37.6. The molecule has 0 unspecified atom stereocenters. The minimum atomic E-state index is -0.732. The number of unbranched alkanes of at least 4 members (excludes halogenated alkanes) is 22. The van der Waals surface area contributed by atoms with Crippen LogP contribution in [0.15, 0.2) is 12.1 Å². The van der Waals surface area contributed by atoms with Crippen molar-refractivity contribution >= 4 is 11.4 Å². The van der Waals surface area contributed by atoms with E-state index >= 15 is 0 Å². The number of nitrogens with zero attached hydrogens (tertiary/aromatic N) is 2. The fourth-order valence-corrected chi connectivity index (χ4v) is 5.31. The van der Waals surface area contributed by atoms with Crippen LogP contribution in [0.2, 0.25) is 0 Å². The van der Waals surface area contributed by atoms with Gasteiger partial charge in [0.25, 0.3) is 0 Å². The monoisotopic (exact) mass is 592 g/mol. The lowest BCUT2D eigenvalue weighted by atomic mass is 10.1. The second-order valence-corrected chi connectivity index (χ2v) is 11.8. The maximum absolute atomic E-state index is 11.5. The van der Waals surface area contributed by atoms with Gasteiger partial charge in [-0.15, -0.1) is 0 Å². The van der Waals surface area contributed by atoms with E-state index in [1.54, 1.807) is 0 Å². The molecule has 0 spiro atoms. The lowest BCUT2D eigenvalue weighted by Gasteiger charge is -2.13. The molecule has 8 heteroatoms. The fraction of sp³-hybridized carbons (Fsp3) is 0.824. The van der Waals surface area contributed by atoms with Gasteiger partial charge in [-0.3, -0.25) is 20.2 Å². The summed E-state index contributed by atoms with van der Waals surface area (Å²) in [6.45, 7) is 5.30. The third kappa shape index (κ3) is 18.9. The molecule has 0 aliphatic rings. The van der Waals surface area contributed by atoms with Crippen LogP contribution in [0, 0.1) is 20.2 Å². The highest BCUT2D eigenvalue weighted by Gasteiger charge is 2.28. The minimum absolute atomic E-state index is 0.217. The summed E-state index contributed by atoms with van der Waals surface area (Å²) in [4.78, 5) is 21.5. The number of hydrogen-bond donors (Lipinski definition) is 0.